The Balaban J connectivity index is 1.86. The van der Waals surface area contributed by atoms with Gasteiger partial charge in [-0.3, -0.25) is 14.9 Å². The lowest BCUT2D eigenvalue weighted by atomic mass is 9.84. The Morgan fingerprint density at radius 1 is 1.26 bits per heavy atom. The van der Waals surface area contributed by atoms with Crippen molar-refractivity contribution in [2.45, 2.75) is 25.3 Å². The van der Waals surface area contributed by atoms with Crippen molar-refractivity contribution < 1.29 is 24.2 Å². The molecule has 0 spiro atoms. The quantitative estimate of drug-likeness (QED) is 0.662. The zero-order valence-corrected chi connectivity index (χ0v) is 10.7. The Labute approximate surface area is 110 Å². The van der Waals surface area contributed by atoms with Crippen molar-refractivity contribution in [3.63, 3.8) is 0 Å². The predicted molar refractivity (Wildman–Crippen MR) is 64.3 cm³/mol. The Morgan fingerprint density at radius 2 is 1.95 bits per heavy atom. The van der Waals surface area contributed by atoms with Crippen LogP contribution in [-0.4, -0.2) is 42.8 Å². The molecule has 7 nitrogen and oxygen atoms in total. The van der Waals surface area contributed by atoms with E-state index in [1.807, 2.05) is 5.32 Å². The van der Waals surface area contributed by atoms with Gasteiger partial charge in [0, 0.05) is 6.04 Å². The summed E-state index contributed by atoms with van der Waals surface area (Å²) < 4.78 is 4.31. The van der Waals surface area contributed by atoms with Gasteiger partial charge in [0.1, 0.15) is 0 Å². The number of hydrogen-bond acceptors (Lipinski definition) is 5. The normalized spacial score (nSPS) is 32.1. The van der Waals surface area contributed by atoms with E-state index in [9.17, 15) is 19.5 Å². The summed E-state index contributed by atoms with van der Waals surface area (Å²) in [5, 5.41) is 14.2. The van der Waals surface area contributed by atoms with Crippen LogP contribution in [0.2, 0.25) is 0 Å². The molecule has 0 heterocycles. The summed E-state index contributed by atoms with van der Waals surface area (Å²) >= 11 is 0. The van der Waals surface area contributed by atoms with Gasteiger partial charge in [0.05, 0.1) is 19.6 Å². The molecule has 106 valence electrons. The molecule has 2 aliphatic rings. The molecule has 2 amide bonds. The van der Waals surface area contributed by atoms with Gasteiger partial charge in [-0.25, -0.2) is 4.79 Å². The van der Waals surface area contributed by atoms with E-state index in [1.54, 1.807) is 0 Å². The first-order chi connectivity index (χ1) is 9.02. The number of aliphatic carboxylic acids is 1. The van der Waals surface area contributed by atoms with Crippen LogP contribution in [0.25, 0.3) is 0 Å². The minimum absolute atomic E-state index is 0.0766. The zero-order chi connectivity index (χ0) is 14.0. The van der Waals surface area contributed by atoms with Gasteiger partial charge in [-0.2, -0.15) is 0 Å². The molecule has 2 fully saturated rings. The van der Waals surface area contributed by atoms with Gasteiger partial charge in [-0.1, -0.05) is 0 Å². The number of carbonyl (C=O) groups is 3. The molecule has 0 aromatic rings. The summed E-state index contributed by atoms with van der Waals surface area (Å²) in [6.45, 7) is -0.0766. The van der Waals surface area contributed by atoms with Crippen LogP contribution in [0.4, 0.5) is 4.79 Å². The second-order valence-electron chi connectivity index (χ2n) is 5.14. The van der Waals surface area contributed by atoms with Crippen molar-refractivity contribution in [2.24, 2.45) is 17.8 Å². The van der Waals surface area contributed by atoms with E-state index in [1.165, 1.54) is 7.11 Å². The first-order valence-corrected chi connectivity index (χ1v) is 6.37. The molecule has 0 aromatic carbocycles. The SMILES string of the molecule is COC(=O)NC(=O)CNC1C2CCC(C2)C1C(=O)O. The maximum Gasteiger partial charge on any atom is 0.413 e. The average Bonchev–Trinajstić information content (AvgIpc) is 2.95. The van der Waals surface area contributed by atoms with Gasteiger partial charge in [-0.05, 0) is 31.1 Å². The highest BCUT2D eigenvalue weighted by Crippen LogP contribution is 2.48. The average molecular weight is 270 g/mol. The predicted octanol–water partition coefficient (Wildman–Crippen LogP) is -0.0421. The van der Waals surface area contributed by atoms with E-state index >= 15 is 0 Å². The number of alkyl carbamates (subject to hydrolysis) is 1. The number of carboxylic acid groups (broad SMARTS) is 1. The first-order valence-electron chi connectivity index (χ1n) is 6.37. The van der Waals surface area contributed by atoms with Crippen LogP contribution in [0.5, 0.6) is 0 Å². The summed E-state index contributed by atoms with van der Waals surface area (Å²) in [4.78, 5) is 33.5. The number of methoxy groups -OCH3 is 1. The van der Waals surface area contributed by atoms with Crippen molar-refractivity contribution in [3.8, 4) is 0 Å². The monoisotopic (exact) mass is 270 g/mol. The van der Waals surface area contributed by atoms with E-state index < -0.39 is 23.9 Å². The maximum absolute atomic E-state index is 11.4. The molecule has 4 atom stereocenters. The topological polar surface area (TPSA) is 105 Å². The maximum atomic E-state index is 11.4. The van der Waals surface area contributed by atoms with Crippen LogP contribution in [-0.2, 0) is 14.3 Å². The minimum Gasteiger partial charge on any atom is -0.481 e. The molecule has 0 radical (unpaired) electrons. The summed E-state index contributed by atoms with van der Waals surface area (Å²) in [6.07, 6.45) is 2.06. The number of ether oxygens (including phenoxy) is 1. The highest BCUT2D eigenvalue weighted by molar-refractivity contribution is 5.92. The van der Waals surface area contributed by atoms with Crippen molar-refractivity contribution in [2.75, 3.05) is 13.7 Å². The lowest BCUT2D eigenvalue weighted by molar-refractivity contribution is -0.144. The molecule has 0 aliphatic heterocycles. The number of hydrogen-bond donors (Lipinski definition) is 3. The van der Waals surface area contributed by atoms with Crippen molar-refractivity contribution in [1.82, 2.24) is 10.6 Å². The lowest BCUT2D eigenvalue weighted by Gasteiger charge is -2.28. The van der Waals surface area contributed by atoms with E-state index in [0.717, 1.165) is 19.3 Å². The van der Waals surface area contributed by atoms with Gasteiger partial charge in [-0.15, -0.1) is 0 Å². The lowest BCUT2D eigenvalue weighted by Crippen LogP contribution is -2.48. The van der Waals surface area contributed by atoms with Gasteiger partial charge in [0.25, 0.3) is 0 Å². The molecular weight excluding hydrogens is 252 g/mol. The number of nitrogens with one attached hydrogen (secondary N) is 2. The zero-order valence-electron chi connectivity index (χ0n) is 10.7. The summed E-state index contributed by atoms with van der Waals surface area (Å²) in [5.74, 6) is -1.22. The molecule has 19 heavy (non-hydrogen) atoms. The van der Waals surface area contributed by atoms with Crippen LogP contribution in [0.3, 0.4) is 0 Å². The molecule has 2 saturated carbocycles. The molecule has 0 saturated heterocycles. The minimum atomic E-state index is -0.811. The first kappa shape index (κ1) is 13.8. The third-order valence-corrected chi connectivity index (χ3v) is 4.13. The molecule has 3 N–H and O–H groups in total. The van der Waals surface area contributed by atoms with Crippen LogP contribution < -0.4 is 10.6 Å². The Morgan fingerprint density at radius 3 is 2.58 bits per heavy atom. The molecule has 0 aromatic heterocycles. The third kappa shape index (κ3) is 2.86. The number of imide groups is 1. The fourth-order valence-corrected chi connectivity index (χ4v) is 3.36. The van der Waals surface area contributed by atoms with Crippen LogP contribution in [0.15, 0.2) is 0 Å². The molecule has 2 rings (SSSR count). The van der Waals surface area contributed by atoms with Crippen LogP contribution in [0.1, 0.15) is 19.3 Å². The highest BCUT2D eigenvalue weighted by atomic mass is 16.5. The molecule has 2 bridgehead atoms. The van der Waals surface area contributed by atoms with Crippen molar-refractivity contribution in [3.05, 3.63) is 0 Å². The number of carbonyl (C=O) groups excluding carboxylic acids is 2. The van der Waals surface area contributed by atoms with Crippen molar-refractivity contribution in [1.29, 1.82) is 0 Å². The number of fused-ring (bicyclic) bond motifs is 2. The van der Waals surface area contributed by atoms with E-state index in [0.29, 0.717) is 5.92 Å². The van der Waals surface area contributed by atoms with Crippen LogP contribution >= 0.6 is 0 Å². The molecule has 4 unspecified atom stereocenters. The Kier molecular flexibility index (Phi) is 4.04. The van der Waals surface area contributed by atoms with E-state index in [2.05, 4.69) is 10.1 Å². The van der Waals surface area contributed by atoms with Gasteiger partial charge < -0.3 is 15.2 Å². The number of carboxylic acids is 1. The summed E-state index contributed by atoms with van der Waals surface area (Å²) in [5.41, 5.74) is 0. The second kappa shape index (κ2) is 5.56. The van der Waals surface area contributed by atoms with Gasteiger partial charge in [0.2, 0.25) is 5.91 Å². The molecular formula is C12H18N2O5. The summed E-state index contributed by atoms with van der Waals surface area (Å²) in [7, 11) is 1.17. The Hall–Kier alpha value is -1.63. The Bertz CT molecular complexity index is 398. The van der Waals surface area contributed by atoms with E-state index in [4.69, 9.17) is 0 Å². The second-order valence-corrected chi connectivity index (χ2v) is 5.14. The van der Waals surface area contributed by atoms with Gasteiger partial charge in [0.15, 0.2) is 0 Å². The largest absolute Gasteiger partial charge is 0.481 e. The number of rotatable bonds is 4. The van der Waals surface area contributed by atoms with Crippen LogP contribution in [0, 0.1) is 17.8 Å². The third-order valence-electron chi connectivity index (χ3n) is 4.13. The fraction of sp³-hybridized carbons (Fsp3) is 0.750. The highest BCUT2D eigenvalue weighted by Gasteiger charge is 2.50. The number of amides is 2. The van der Waals surface area contributed by atoms with Crippen molar-refractivity contribution >= 4 is 18.0 Å². The van der Waals surface area contributed by atoms with E-state index in [-0.39, 0.29) is 18.5 Å². The van der Waals surface area contributed by atoms with Gasteiger partial charge >= 0.3 is 12.1 Å². The molecule has 2 aliphatic carbocycles. The smallest absolute Gasteiger partial charge is 0.413 e. The summed E-state index contributed by atoms with van der Waals surface area (Å²) in [6, 6.07) is -0.181. The standard InChI is InChI=1S/C12H18N2O5/c1-19-12(18)14-8(15)5-13-10-7-3-2-6(4-7)9(10)11(16)17/h6-7,9-10,13H,2-5H2,1H3,(H,16,17)(H,14,15,18). The fourth-order valence-electron chi connectivity index (χ4n) is 3.36. The molecule has 7 heteroatoms.